The molecular formula is C19H17F2NO3. The van der Waals surface area contributed by atoms with E-state index in [-0.39, 0.29) is 37.3 Å². The number of amides is 1. The molecule has 1 atom stereocenters. The lowest BCUT2D eigenvalue weighted by Gasteiger charge is -2.34. The van der Waals surface area contributed by atoms with Crippen molar-refractivity contribution in [2.75, 3.05) is 0 Å². The maximum Gasteiger partial charge on any atom is 0.326 e. The molecule has 0 aliphatic carbocycles. The Labute approximate surface area is 143 Å². The van der Waals surface area contributed by atoms with Crippen LogP contribution < -0.4 is 0 Å². The van der Waals surface area contributed by atoms with Crippen molar-refractivity contribution in [2.45, 2.75) is 31.8 Å². The van der Waals surface area contributed by atoms with Crippen molar-refractivity contribution in [3.8, 4) is 0 Å². The molecule has 1 heterocycles. The van der Waals surface area contributed by atoms with Crippen LogP contribution in [0.5, 0.6) is 0 Å². The zero-order chi connectivity index (χ0) is 18.0. The van der Waals surface area contributed by atoms with Crippen LogP contribution in [-0.4, -0.2) is 27.9 Å². The Bertz CT molecular complexity index is 822. The van der Waals surface area contributed by atoms with Gasteiger partial charge in [-0.2, -0.15) is 0 Å². The molecular weight excluding hydrogens is 328 g/mol. The Morgan fingerprint density at radius 1 is 1.08 bits per heavy atom. The fraction of sp³-hybridized carbons (Fsp3) is 0.263. The first-order chi connectivity index (χ1) is 12.0. The molecule has 1 unspecified atom stereocenters. The second-order valence-electron chi connectivity index (χ2n) is 6.06. The number of carboxylic acid groups (broad SMARTS) is 1. The van der Waals surface area contributed by atoms with Crippen LogP contribution in [0, 0.1) is 11.6 Å². The summed E-state index contributed by atoms with van der Waals surface area (Å²) in [4.78, 5) is 25.4. The first-order valence-corrected chi connectivity index (χ1v) is 7.99. The Morgan fingerprint density at radius 2 is 1.80 bits per heavy atom. The van der Waals surface area contributed by atoms with Gasteiger partial charge < -0.3 is 10.0 Å². The van der Waals surface area contributed by atoms with Crippen LogP contribution in [-0.2, 0) is 29.0 Å². The Hall–Kier alpha value is -2.76. The summed E-state index contributed by atoms with van der Waals surface area (Å²) in [5.74, 6) is -3.38. The number of carbonyl (C=O) groups excluding carboxylic acids is 1. The number of nitrogens with zero attached hydrogens (tertiary/aromatic N) is 1. The van der Waals surface area contributed by atoms with Gasteiger partial charge in [-0.25, -0.2) is 13.6 Å². The lowest BCUT2D eigenvalue weighted by molar-refractivity contribution is -0.151. The molecule has 0 fully saturated rings. The second-order valence-corrected chi connectivity index (χ2v) is 6.06. The lowest BCUT2D eigenvalue weighted by atomic mass is 9.93. The summed E-state index contributed by atoms with van der Waals surface area (Å²) < 4.78 is 26.9. The summed E-state index contributed by atoms with van der Waals surface area (Å²) in [7, 11) is 0. The van der Waals surface area contributed by atoms with Crippen molar-refractivity contribution in [1.82, 2.24) is 4.90 Å². The number of halogens is 2. The van der Waals surface area contributed by atoms with Gasteiger partial charge in [0, 0.05) is 19.4 Å². The molecule has 1 N–H and O–H groups in total. The van der Waals surface area contributed by atoms with E-state index in [4.69, 9.17) is 0 Å². The minimum absolute atomic E-state index is 0.0207. The number of rotatable bonds is 4. The van der Waals surface area contributed by atoms with E-state index in [1.807, 2.05) is 24.3 Å². The quantitative estimate of drug-likeness (QED) is 0.927. The standard InChI is InChI=1S/C19H17F2NO3/c20-15-7-3-6-12(18(15)21)8-9-17(23)22-11-14-5-2-1-4-13(14)10-16(22)19(24)25/h1-7,16H,8-11H2,(H,24,25). The molecule has 1 aliphatic rings. The van der Waals surface area contributed by atoms with E-state index < -0.39 is 23.6 Å². The van der Waals surface area contributed by atoms with Crippen LogP contribution in [0.1, 0.15) is 23.1 Å². The third-order valence-electron chi connectivity index (χ3n) is 4.49. The topological polar surface area (TPSA) is 57.6 Å². The summed E-state index contributed by atoms with van der Waals surface area (Å²) in [5, 5.41) is 9.45. The number of carboxylic acids is 1. The van der Waals surface area contributed by atoms with Gasteiger partial charge in [0.05, 0.1) is 0 Å². The minimum atomic E-state index is -1.07. The predicted octanol–water partition coefficient (Wildman–Crippen LogP) is 2.94. The molecule has 4 nitrogen and oxygen atoms in total. The fourth-order valence-corrected chi connectivity index (χ4v) is 3.13. The van der Waals surface area contributed by atoms with Gasteiger partial charge in [0.1, 0.15) is 6.04 Å². The highest BCUT2D eigenvalue weighted by molar-refractivity contribution is 5.84. The summed E-state index contributed by atoms with van der Waals surface area (Å²) >= 11 is 0. The Morgan fingerprint density at radius 3 is 2.52 bits per heavy atom. The third kappa shape index (κ3) is 3.52. The van der Waals surface area contributed by atoms with Crippen LogP contribution in [0.4, 0.5) is 8.78 Å². The summed E-state index contributed by atoms with van der Waals surface area (Å²) in [6.07, 6.45) is 0.185. The highest BCUT2D eigenvalue weighted by Gasteiger charge is 2.34. The molecule has 2 aromatic rings. The zero-order valence-electron chi connectivity index (χ0n) is 13.4. The van der Waals surface area contributed by atoms with E-state index in [0.29, 0.717) is 0 Å². The molecule has 3 rings (SSSR count). The molecule has 1 aliphatic heterocycles. The third-order valence-corrected chi connectivity index (χ3v) is 4.49. The van der Waals surface area contributed by atoms with E-state index in [2.05, 4.69) is 0 Å². The van der Waals surface area contributed by atoms with Crippen LogP contribution in [0.3, 0.4) is 0 Å². The molecule has 6 heteroatoms. The lowest BCUT2D eigenvalue weighted by Crippen LogP contribution is -2.48. The van der Waals surface area contributed by atoms with Crippen LogP contribution >= 0.6 is 0 Å². The highest BCUT2D eigenvalue weighted by Crippen LogP contribution is 2.25. The summed E-state index contributed by atoms with van der Waals surface area (Å²) in [6, 6.07) is 10.3. The van der Waals surface area contributed by atoms with Gasteiger partial charge in [0.15, 0.2) is 11.6 Å². The molecule has 0 spiro atoms. The molecule has 0 saturated heterocycles. The van der Waals surface area contributed by atoms with Crippen LogP contribution in [0.15, 0.2) is 42.5 Å². The number of carbonyl (C=O) groups is 2. The van der Waals surface area contributed by atoms with E-state index in [1.54, 1.807) is 0 Å². The monoisotopic (exact) mass is 345 g/mol. The van der Waals surface area contributed by atoms with E-state index >= 15 is 0 Å². The van der Waals surface area contributed by atoms with Crippen molar-refractivity contribution in [2.24, 2.45) is 0 Å². The van der Waals surface area contributed by atoms with E-state index in [9.17, 15) is 23.5 Å². The second kappa shape index (κ2) is 7.01. The number of aryl methyl sites for hydroxylation is 1. The van der Waals surface area contributed by atoms with Gasteiger partial charge in [-0.05, 0) is 29.2 Å². The van der Waals surface area contributed by atoms with E-state index in [1.165, 1.54) is 17.0 Å². The highest BCUT2D eigenvalue weighted by atomic mass is 19.2. The van der Waals surface area contributed by atoms with Crippen molar-refractivity contribution in [3.05, 3.63) is 70.8 Å². The molecule has 2 aromatic carbocycles. The fourth-order valence-electron chi connectivity index (χ4n) is 3.13. The zero-order valence-corrected chi connectivity index (χ0v) is 13.4. The number of benzene rings is 2. The average molecular weight is 345 g/mol. The van der Waals surface area contributed by atoms with Crippen molar-refractivity contribution in [1.29, 1.82) is 0 Å². The number of hydrogen-bond acceptors (Lipinski definition) is 2. The molecule has 0 aromatic heterocycles. The molecule has 25 heavy (non-hydrogen) atoms. The van der Waals surface area contributed by atoms with E-state index in [0.717, 1.165) is 17.2 Å². The summed E-state index contributed by atoms with van der Waals surface area (Å²) in [6.45, 7) is 0.206. The van der Waals surface area contributed by atoms with Crippen molar-refractivity contribution in [3.63, 3.8) is 0 Å². The smallest absolute Gasteiger partial charge is 0.326 e. The van der Waals surface area contributed by atoms with Crippen LogP contribution in [0.25, 0.3) is 0 Å². The van der Waals surface area contributed by atoms with Gasteiger partial charge in [-0.1, -0.05) is 36.4 Å². The minimum Gasteiger partial charge on any atom is -0.480 e. The maximum atomic E-state index is 13.7. The molecule has 130 valence electrons. The molecule has 0 radical (unpaired) electrons. The molecule has 0 bridgehead atoms. The average Bonchev–Trinajstić information content (AvgIpc) is 2.61. The number of hydrogen-bond donors (Lipinski definition) is 1. The number of aliphatic carboxylic acids is 1. The Balaban J connectivity index is 1.76. The SMILES string of the molecule is O=C(O)C1Cc2ccccc2CN1C(=O)CCc1cccc(F)c1F. The summed E-state index contributed by atoms with van der Waals surface area (Å²) in [5.41, 5.74) is 1.93. The molecule has 0 saturated carbocycles. The normalized spacial score (nSPS) is 16.4. The van der Waals surface area contributed by atoms with Gasteiger partial charge in [0.25, 0.3) is 0 Å². The van der Waals surface area contributed by atoms with Crippen molar-refractivity contribution < 1.29 is 23.5 Å². The van der Waals surface area contributed by atoms with Crippen molar-refractivity contribution >= 4 is 11.9 Å². The first-order valence-electron chi connectivity index (χ1n) is 7.99. The van der Waals surface area contributed by atoms with Gasteiger partial charge in [0.2, 0.25) is 5.91 Å². The number of fused-ring (bicyclic) bond motifs is 1. The van der Waals surface area contributed by atoms with Gasteiger partial charge in [-0.3, -0.25) is 4.79 Å². The largest absolute Gasteiger partial charge is 0.480 e. The van der Waals surface area contributed by atoms with Gasteiger partial charge >= 0.3 is 5.97 Å². The first kappa shape index (κ1) is 17.1. The Kier molecular flexibility index (Phi) is 4.79. The maximum absolute atomic E-state index is 13.7. The van der Waals surface area contributed by atoms with Gasteiger partial charge in [-0.15, -0.1) is 0 Å². The van der Waals surface area contributed by atoms with Crippen LogP contribution in [0.2, 0.25) is 0 Å². The molecule has 1 amide bonds. The predicted molar refractivity (Wildman–Crippen MR) is 86.8 cm³/mol.